The van der Waals surface area contributed by atoms with Crippen molar-refractivity contribution in [1.82, 2.24) is 19.4 Å². The van der Waals surface area contributed by atoms with Gasteiger partial charge in [0.2, 0.25) is 11.5 Å². The number of Topliss-reactive ketones (excluding diaryl/α,β-unsaturated/α-hetero) is 1. The first-order valence-corrected chi connectivity index (χ1v) is 12.2. The van der Waals surface area contributed by atoms with Crippen LogP contribution in [-0.2, 0) is 16.7 Å². The topological polar surface area (TPSA) is 124 Å². The molecule has 0 bridgehead atoms. The van der Waals surface area contributed by atoms with E-state index in [1.165, 1.54) is 9.20 Å². The number of ether oxygens (including phenoxy) is 3. The smallest absolute Gasteiger partial charge is 0.242 e. The molecule has 2 N–H and O–H groups in total. The average molecular weight is 498 g/mol. The minimum absolute atomic E-state index is 0.0109. The van der Waals surface area contributed by atoms with Crippen LogP contribution in [0.4, 0.5) is 0 Å². The number of rotatable bonds is 10. The fourth-order valence-electron chi connectivity index (χ4n) is 3.99. The van der Waals surface area contributed by atoms with Crippen molar-refractivity contribution >= 4 is 11.4 Å². The van der Waals surface area contributed by atoms with Gasteiger partial charge in [-0.05, 0) is 42.5 Å². The highest BCUT2D eigenvalue weighted by atomic mass is 16.5. The Morgan fingerprint density at radius 2 is 1.94 bits per heavy atom. The zero-order valence-electron chi connectivity index (χ0n) is 21.6. The van der Waals surface area contributed by atoms with Gasteiger partial charge in [-0.2, -0.15) is 4.52 Å². The number of benzene rings is 1. The zero-order valence-corrected chi connectivity index (χ0v) is 21.6. The fraction of sp³-hybridized carbons (Fsp3) is 0.538. The number of fused-ring (bicyclic) bond motifs is 1. The molecule has 0 radical (unpaired) electrons. The fourth-order valence-corrected chi connectivity index (χ4v) is 3.99. The van der Waals surface area contributed by atoms with Gasteiger partial charge in [0.05, 0.1) is 25.2 Å². The van der Waals surface area contributed by atoms with Gasteiger partial charge in [-0.25, -0.2) is 4.68 Å². The van der Waals surface area contributed by atoms with E-state index in [2.05, 4.69) is 37.9 Å². The minimum Gasteiger partial charge on any atom is -0.491 e. The molecule has 3 heterocycles. The van der Waals surface area contributed by atoms with E-state index in [0.29, 0.717) is 42.7 Å². The molecule has 0 amide bonds. The first-order chi connectivity index (χ1) is 17.0. The number of ketones is 1. The molecule has 36 heavy (non-hydrogen) atoms. The third-order valence-electron chi connectivity index (χ3n) is 6.59. The molecular formula is C26H35N5O5. The highest BCUT2D eigenvalue weighted by Gasteiger charge is 2.38. The summed E-state index contributed by atoms with van der Waals surface area (Å²) >= 11 is 0. The molecule has 1 aliphatic heterocycles. The molecule has 2 aromatic heterocycles. The van der Waals surface area contributed by atoms with Gasteiger partial charge < -0.3 is 19.3 Å². The van der Waals surface area contributed by atoms with Crippen LogP contribution >= 0.6 is 0 Å². The Labute approximate surface area is 210 Å². The van der Waals surface area contributed by atoms with Crippen molar-refractivity contribution in [2.24, 2.45) is 5.41 Å². The van der Waals surface area contributed by atoms with Crippen molar-refractivity contribution in [2.75, 3.05) is 33.0 Å². The van der Waals surface area contributed by atoms with Gasteiger partial charge in [0.25, 0.3) is 0 Å². The van der Waals surface area contributed by atoms with Gasteiger partial charge in [0.1, 0.15) is 25.5 Å². The van der Waals surface area contributed by atoms with Crippen molar-refractivity contribution in [3.05, 3.63) is 46.6 Å². The third kappa shape index (κ3) is 5.29. The maximum absolute atomic E-state index is 13.3. The summed E-state index contributed by atoms with van der Waals surface area (Å²) in [5.74, 6) is 0.723. The quantitative estimate of drug-likeness (QED) is 0.413. The van der Waals surface area contributed by atoms with Crippen LogP contribution in [0.2, 0.25) is 0 Å². The Morgan fingerprint density at radius 3 is 2.56 bits per heavy atom. The summed E-state index contributed by atoms with van der Waals surface area (Å²) in [7, 11) is 0. The van der Waals surface area contributed by atoms with Gasteiger partial charge in [-0.1, -0.05) is 27.7 Å². The van der Waals surface area contributed by atoms with Crippen molar-refractivity contribution in [1.29, 1.82) is 5.41 Å². The summed E-state index contributed by atoms with van der Waals surface area (Å²) in [4.78, 5) is 13.3. The van der Waals surface area contributed by atoms with E-state index in [0.717, 1.165) is 17.5 Å². The molecule has 0 aliphatic carbocycles. The molecule has 1 saturated heterocycles. The standard InChI is InChI=1S/C26H35N5O5/c1-6-26(14-34-15-26)16-36-22-9-17(2)23-29-30(24(27)31(23)28-22)13-21(33)18-10-19(25(3,4)5)12-20(11-18)35-8-7-32/h9-12,27,32H,6-8,13-16H2,1-5H3. The molecule has 0 atom stereocenters. The van der Waals surface area contributed by atoms with E-state index in [1.807, 2.05) is 19.1 Å². The van der Waals surface area contributed by atoms with E-state index < -0.39 is 0 Å². The van der Waals surface area contributed by atoms with Crippen molar-refractivity contribution in [3.63, 3.8) is 0 Å². The lowest BCUT2D eigenvalue weighted by molar-refractivity contribution is -0.134. The van der Waals surface area contributed by atoms with Crippen LogP contribution in [0.1, 0.15) is 55.6 Å². The summed E-state index contributed by atoms with van der Waals surface area (Å²) in [6.07, 6.45) is 0.953. The number of nitrogens with zero attached hydrogens (tertiary/aromatic N) is 4. The van der Waals surface area contributed by atoms with E-state index in [4.69, 9.17) is 24.7 Å². The Balaban J connectivity index is 1.59. The summed E-state index contributed by atoms with van der Waals surface area (Å²) in [5.41, 5.74) is 2.47. The molecular weight excluding hydrogens is 462 g/mol. The second kappa shape index (κ2) is 10.0. The summed E-state index contributed by atoms with van der Waals surface area (Å²) in [5, 5.41) is 26.7. The van der Waals surface area contributed by atoms with Crippen LogP contribution in [0.5, 0.6) is 11.6 Å². The molecule has 0 unspecified atom stereocenters. The predicted octanol–water partition coefficient (Wildman–Crippen LogP) is 2.68. The average Bonchev–Trinajstić information content (AvgIpc) is 3.12. The number of carbonyl (C=O) groups is 1. The molecule has 0 saturated carbocycles. The Morgan fingerprint density at radius 1 is 1.19 bits per heavy atom. The van der Waals surface area contributed by atoms with Crippen LogP contribution < -0.4 is 15.1 Å². The number of aryl methyl sites for hydroxylation is 1. The first kappa shape index (κ1) is 25.8. The number of nitrogens with one attached hydrogen (secondary N) is 1. The molecule has 10 heteroatoms. The molecule has 3 aromatic rings. The highest BCUT2D eigenvalue weighted by Crippen LogP contribution is 2.32. The number of hydrogen-bond acceptors (Lipinski definition) is 8. The minimum atomic E-state index is -0.208. The maximum Gasteiger partial charge on any atom is 0.242 e. The molecule has 194 valence electrons. The van der Waals surface area contributed by atoms with E-state index >= 15 is 0 Å². The SMILES string of the molecule is CCC1(COc2cc(C)c3nn(CC(=O)c4cc(OCCO)cc(C(C)(C)C)c4)c(=N)n3n2)COC1. The van der Waals surface area contributed by atoms with Gasteiger partial charge in [-0.3, -0.25) is 10.2 Å². The molecule has 1 aliphatic rings. The molecule has 1 aromatic carbocycles. The molecule has 10 nitrogen and oxygen atoms in total. The lowest BCUT2D eigenvalue weighted by Gasteiger charge is -2.40. The predicted molar refractivity (Wildman–Crippen MR) is 133 cm³/mol. The number of aliphatic hydroxyl groups excluding tert-OH is 1. The van der Waals surface area contributed by atoms with Gasteiger partial charge >= 0.3 is 0 Å². The number of carbonyl (C=O) groups excluding carboxylic acids is 1. The summed E-state index contributed by atoms with van der Waals surface area (Å²) in [6.45, 7) is 11.9. The normalized spacial score (nSPS) is 15.1. The first-order valence-electron chi connectivity index (χ1n) is 12.2. The van der Waals surface area contributed by atoms with Gasteiger partial charge in [-0.15, -0.1) is 10.2 Å². The molecule has 4 rings (SSSR count). The van der Waals surface area contributed by atoms with Crippen LogP contribution in [0.3, 0.4) is 0 Å². The van der Waals surface area contributed by atoms with E-state index in [1.54, 1.807) is 12.1 Å². The second-order valence-corrected chi connectivity index (χ2v) is 10.5. The number of aliphatic hydroxyl groups is 1. The van der Waals surface area contributed by atoms with Crippen LogP contribution in [0, 0.1) is 17.7 Å². The lowest BCUT2D eigenvalue weighted by Crippen LogP contribution is -2.46. The summed E-state index contributed by atoms with van der Waals surface area (Å²) in [6, 6.07) is 7.19. The largest absolute Gasteiger partial charge is 0.491 e. The van der Waals surface area contributed by atoms with E-state index in [9.17, 15) is 4.79 Å². The molecule has 0 spiro atoms. The van der Waals surface area contributed by atoms with Crippen LogP contribution in [-0.4, -0.2) is 63.3 Å². The number of aromatic nitrogens is 4. The Hall–Kier alpha value is -3.24. The van der Waals surface area contributed by atoms with Crippen LogP contribution in [0.15, 0.2) is 24.3 Å². The highest BCUT2D eigenvalue weighted by molar-refractivity contribution is 5.96. The Bertz CT molecular complexity index is 1310. The second-order valence-electron chi connectivity index (χ2n) is 10.5. The maximum atomic E-state index is 13.3. The van der Waals surface area contributed by atoms with Crippen molar-refractivity contribution in [3.8, 4) is 11.6 Å². The van der Waals surface area contributed by atoms with Crippen molar-refractivity contribution < 1.29 is 24.1 Å². The lowest BCUT2D eigenvalue weighted by atomic mass is 9.84. The number of hydrogen-bond donors (Lipinski definition) is 2. The van der Waals surface area contributed by atoms with Gasteiger partial charge in [0, 0.05) is 17.2 Å². The third-order valence-corrected chi connectivity index (χ3v) is 6.59. The molecule has 1 fully saturated rings. The van der Waals surface area contributed by atoms with Gasteiger partial charge in [0.15, 0.2) is 11.4 Å². The van der Waals surface area contributed by atoms with Crippen molar-refractivity contribution in [2.45, 2.75) is 53.0 Å². The zero-order chi connectivity index (χ0) is 26.1. The summed E-state index contributed by atoms with van der Waals surface area (Å²) < 4.78 is 19.7. The monoisotopic (exact) mass is 497 g/mol. The van der Waals surface area contributed by atoms with Crippen LogP contribution in [0.25, 0.3) is 5.65 Å². The van der Waals surface area contributed by atoms with E-state index in [-0.39, 0.29) is 42.0 Å². The Kier molecular flexibility index (Phi) is 7.19.